The molecule has 0 spiro atoms. The number of halogens is 1. The van der Waals surface area contributed by atoms with Crippen molar-refractivity contribution in [1.29, 1.82) is 5.26 Å². The van der Waals surface area contributed by atoms with Gasteiger partial charge in [-0.3, -0.25) is 0 Å². The Balaban J connectivity index is 3.08. The van der Waals surface area contributed by atoms with Crippen molar-refractivity contribution >= 4 is 11.6 Å². The van der Waals surface area contributed by atoms with E-state index in [1.165, 1.54) is 0 Å². The molecule has 0 aromatic carbocycles. The lowest BCUT2D eigenvalue weighted by atomic mass is 10.2. The molecule has 0 aliphatic heterocycles. The van der Waals surface area contributed by atoms with Gasteiger partial charge in [0, 0.05) is 17.3 Å². The van der Waals surface area contributed by atoms with Gasteiger partial charge < -0.3 is 0 Å². The molecule has 1 atom stereocenters. The molecule has 0 aliphatic rings. The molecular weight excluding hydrogens is 186 g/mol. The van der Waals surface area contributed by atoms with Gasteiger partial charge in [-0.1, -0.05) is 0 Å². The number of hydrogen-bond acceptors (Lipinski definition) is 3. The number of nitrogens with zero attached hydrogens (tertiary/aromatic N) is 3. The zero-order chi connectivity index (χ0) is 9.84. The third kappa shape index (κ3) is 2.40. The summed E-state index contributed by atoms with van der Waals surface area (Å²) in [4.78, 5) is 8.32. The van der Waals surface area contributed by atoms with E-state index in [2.05, 4.69) is 16.0 Å². The summed E-state index contributed by atoms with van der Waals surface area (Å²) >= 11 is 5.60. The van der Waals surface area contributed by atoms with Crippen LogP contribution in [-0.4, -0.2) is 15.8 Å². The Hall–Kier alpha value is -1.14. The summed E-state index contributed by atoms with van der Waals surface area (Å²) in [5.74, 6) is 0.356. The molecule has 0 fully saturated rings. The number of aromatic nitrogens is 2. The van der Waals surface area contributed by atoms with Crippen molar-refractivity contribution in [3.8, 4) is 6.07 Å². The summed E-state index contributed by atoms with van der Waals surface area (Å²) in [5, 5.41) is 8.75. The number of aryl methyl sites for hydroxylation is 2. The molecule has 1 unspecified atom stereocenters. The van der Waals surface area contributed by atoms with Crippen molar-refractivity contribution in [2.24, 2.45) is 0 Å². The Morgan fingerprint density at radius 3 is 2.38 bits per heavy atom. The first-order valence-corrected chi connectivity index (χ1v) is 4.48. The van der Waals surface area contributed by atoms with Gasteiger partial charge in [0.05, 0.1) is 6.07 Å². The summed E-state index contributed by atoms with van der Waals surface area (Å²) in [6.45, 7) is 3.75. The highest BCUT2D eigenvalue weighted by atomic mass is 35.5. The predicted octanol–water partition coefficient (Wildman–Crippen LogP) is 1.94. The number of alkyl halides is 1. The maximum atomic E-state index is 8.75. The van der Waals surface area contributed by atoms with Crippen molar-refractivity contribution in [3.63, 3.8) is 0 Å². The van der Waals surface area contributed by atoms with Crippen LogP contribution < -0.4 is 0 Å². The van der Waals surface area contributed by atoms with E-state index >= 15 is 0 Å². The first kappa shape index (κ1) is 9.94. The van der Waals surface area contributed by atoms with E-state index in [0.717, 1.165) is 11.4 Å². The zero-order valence-electron chi connectivity index (χ0n) is 7.58. The molecule has 0 amide bonds. The highest BCUT2D eigenvalue weighted by Crippen LogP contribution is 2.12. The molecule has 0 aliphatic carbocycles. The first-order valence-electron chi connectivity index (χ1n) is 3.95. The maximum Gasteiger partial charge on any atom is 0.147 e. The van der Waals surface area contributed by atoms with Gasteiger partial charge in [-0.25, -0.2) is 9.97 Å². The van der Waals surface area contributed by atoms with Crippen LogP contribution in [0, 0.1) is 25.2 Å². The molecular formula is C9H10ClN3. The van der Waals surface area contributed by atoms with E-state index in [9.17, 15) is 0 Å². The molecule has 1 aromatic rings. The topological polar surface area (TPSA) is 49.6 Å². The molecule has 4 heteroatoms. The van der Waals surface area contributed by atoms with E-state index in [0.29, 0.717) is 5.82 Å². The van der Waals surface area contributed by atoms with Crippen molar-refractivity contribution in [2.75, 3.05) is 5.88 Å². The standard InChI is InChI=1S/C9H10ClN3/c1-6-3-7(2)13-9(12-6)8(4-10)5-11/h3,8H,4H2,1-2H3. The molecule has 1 rings (SSSR count). The smallest absolute Gasteiger partial charge is 0.147 e. The highest BCUT2D eigenvalue weighted by molar-refractivity contribution is 6.18. The van der Waals surface area contributed by atoms with Gasteiger partial charge in [0.1, 0.15) is 11.7 Å². The fourth-order valence-electron chi connectivity index (χ4n) is 1.07. The maximum absolute atomic E-state index is 8.75. The Kier molecular flexibility index (Phi) is 3.21. The highest BCUT2D eigenvalue weighted by Gasteiger charge is 2.12. The Labute approximate surface area is 82.4 Å². The Morgan fingerprint density at radius 1 is 1.46 bits per heavy atom. The lowest BCUT2D eigenvalue weighted by molar-refractivity contribution is 0.833. The van der Waals surface area contributed by atoms with E-state index in [1.807, 2.05) is 19.9 Å². The molecule has 1 heterocycles. The van der Waals surface area contributed by atoms with Gasteiger partial charge >= 0.3 is 0 Å². The molecule has 68 valence electrons. The van der Waals surface area contributed by atoms with Crippen LogP contribution in [0.1, 0.15) is 23.1 Å². The second kappa shape index (κ2) is 4.20. The fourth-order valence-corrected chi connectivity index (χ4v) is 1.28. The molecule has 0 radical (unpaired) electrons. The van der Waals surface area contributed by atoms with Gasteiger partial charge in [-0.05, 0) is 19.9 Å². The van der Waals surface area contributed by atoms with Crippen LogP contribution in [0.15, 0.2) is 6.07 Å². The molecule has 13 heavy (non-hydrogen) atoms. The molecule has 0 saturated heterocycles. The van der Waals surface area contributed by atoms with Crippen molar-refractivity contribution in [1.82, 2.24) is 9.97 Å². The normalized spacial score (nSPS) is 12.2. The second-order valence-electron chi connectivity index (χ2n) is 2.84. The Bertz CT molecular complexity index is 323. The molecule has 1 aromatic heterocycles. The third-order valence-corrected chi connectivity index (χ3v) is 1.93. The third-order valence-electron chi connectivity index (χ3n) is 1.62. The summed E-state index contributed by atoms with van der Waals surface area (Å²) < 4.78 is 0. The van der Waals surface area contributed by atoms with Crippen LogP contribution in [0.2, 0.25) is 0 Å². The van der Waals surface area contributed by atoms with Crippen LogP contribution in [-0.2, 0) is 0 Å². The summed E-state index contributed by atoms with van der Waals surface area (Å²) in [6.07, 6.45) is 0. The molecule has 0 saturated carbocycles. The van der Waals surface area contributed by atoms with Crippen LogP contribution in [0.25, 0.3) is 0 Å². The minimum Gasteiger partial charge on any atom is -0.237 e. The minimum absolute atomic E-state index is 0.236. The van der Waals surface area contributed by atoms with E-state index in [-0.39, 0.29) is 5.88 Å². The summed E-state index contributed by atoms with van der Waals surface area (Å²) in [5.41, 5.74) is 1.74. The number of nitriles is 1. The number of rotatable bonds is 2. The van der Waals surface area contributed by atoms with Crippen LogP contribution in [0.3, 0.4) is 0 Å². The zero-order valence-corrected chi connectivity index (χ0v) is 8.34. The second-order valence-corrected chi connectivity index (χ2v) is 3.15. The summed E-state index contributed by atoms with van der Waals surface area (Å²) in [7, 11) is 0. The van der Waals surface area contributed by atoms with Crippen molar-refractivity contribution in [2.45, 2.75) is 19.8 Å². The Morgan fingerprint density at radius 2 is 2.00 bits per heavy atom. The van der Waals surface area contributed by atoms with Crippen LogP contribution in [0.5, 0.6) is 0 Å². The lowest BCUT2D eigenvalue weighted by Crippen LogP contribution is -2.06. The van der Waals surface area contributed by atoms with Crippen molar-refractivity contribution < 1.29 is 0 Å². The first-order chi connectivity index (χ1) is 6.17. The minimum atomic E-state index is -0.403. The van der Waals surface area contributed by atoms with Crippen molar-refractivity contribution in [3.05, 3.63) is 23.3 Å². The van der Waals surface area contributed by atoms with E-state index in [1.54, 1.807) is 0 Å². The molecule has 3 nitrogen and oxygen atoms in total. The predicted molar refractivity (Wildman–Crippen MR) is 50.6 cm³/mol. The molecule has 0 N–H and O–H groups in total. The number of hydrogen-bond donors (Lipinski definition) is 0. The van der Waals surface area contributed by atoms with E-state index in [4.69, 9.17) is 16.9 Å². The summed E-state index contributed by atoms with van der Waals surface area (Å²) in [6, 6.07) is 3.93. The monoisotopic (exact) mass is 195 g/mol. The van der Waals surface area contributed by atoms with Crippen LogP contribution in [0.4, 0.5) is 0 Å². The fraction of sp³-hybridized carbons (Fsp3) is 0.444. The van der Waals surface area contributed by atoms with Gasteiger partial charge in [0.25, 0.3) is 0 Å². The van der Waals surface area contributed by atoms with Gasteiger partial charge in [-0.2, -0.15) is 5.26 Å². The largest absolute Gasteiger partial charge is 0.237 e. The lowest BCUT2D eigenvalue weighted by Gasteiger charge is -2.05. The van der Waals surface area contributed by atoms with E-state index < -0.39 is 5.92 Å². The quantitative estimate of drug-likeness (QED) is 0.678. The molecule has 0 bridgehead atoms. The average molecular weight is 196 g/mol. The van der Waals surface area contributed by atoms with Gasteiger partial charge in [0.15, 0.2) is 0 Å². The van der Waals surface area contributed by atoms with Crippen LogP contribution >= 0.6 is 11.6 Å². The van der Waals surface area contributed by atoms with Gasteiger partial charge in [0.2, 0.25) is 0 Å². The van der Waals surface area contributed by atoms with Gasteiger partial charge in [-0.15, -0.1) is 11.6 Å². The average Bonchev–Trinajstić information content (AvgIpc) is 2.04. The SMILES string of the molecule is Cc1cc(C)nc(C(C#N)CCl)n1.